The van der Waals surface area contributed by atoms with Gasteiger partial charge in [-0.3, -0.25) is 4.99 Å². The molecule has 5 nitrogen and oxygen atoms in total. The molecule has 1 heterocycles. The first-order valence-electron chi connectivity index (χ1n) is 8.78. The van der Waals surface area contributed by atoms with Crippen molar-refractivity contribution in [1.29, 1.82) is 0 Å². The zero-order valence-electron chi connectivity index (χ0n) is 16.7. The molecule has 2 aromatic rings. The van der Waals surface area contributed by atoms with Crippen LogP contribution in [0.4, 0.5) is 0 Å². The third kappa shape index (κ3) is 6.88. The predicted molar refractivity (Wildman–Crippen MR) is 125 cm³/mol. The summed E-state index contributed by atoms with van der Waals surface area (Å²) in [4.78, 5) is 5.68. The van der Waals surface area contributed by atoms with Gasteiger partial charge in [-0.15, -0.1) is 35.3 Å². The molecule has 0 aliphatic carbocycles. The first-order valence-corrected chi connectivity index (χ1v) is 9.66. The molecule has 1 aromatic heterocycles. The minimum atomic E-state index is 0. The fourth-order valence-electron chi connectivity index (χ4n) is 2.56. The Morgan fingerprint density at radius 2 is 1.96 bits per heavy atom. The second-order valence-corrected chi connectivity index (χ2v) is 7.51. The monoisotopic (exact) mass is 503 g/mol. The summed E-state index contributed by atoms with van der Waals surface area (Å²) in [6.45, 7) is 8.50. The minimum Gasteiger partial charge on any atom is -0.493 e. The summed E-state index contributed by atoms with van der Waals surface area (Å²) < 4.78 is 11.0. The number of ether oxygens (including phenoxy) is 2. The molecule has 0 fully saturated rings. The zero-order valence-corrected chi connectivity index (χ0v) is 19.8. The number of methoxy groups -OCH3 is 1. The number of nitrogens with one attached hydrogen (secondary N) is 2. The predicted octanol–water partition coefficient (Wildman–Crippen LogP) is 4.42. The summed E-state index contributed by atoms with van der Waals surface area (Å²) in [6.07, 6.45) is 0. The lowest BCUT2D eigenvalue weighted by Crippen LogP contribution is -2.42. The van der Waals surface area contributed by atoms with Gasteiger partial charge in [-0.2, -0.15) is 0 Å². The maximum absolute atomic E-state index is 5.56. The third-order valence-corrected chi connectivity index (χ3v) is 5.33. The van der Waals surface area contributed by atoms with Crippen molar-refractivity contribution in [2.24, 2.45) is 4.99 Å². The van der Waals surface area contributed by atoms with Crippen molar-refractivity contribution in [1.82, 2.24) is 10.6 Å². The van der Waals surface area contributed by atoms with Crippen molar-refractivity contribution in [2.75, 3.05) is 27.3 Å². The molecule has 2 rings (SSSR count). The van der Waals surface area contributed by atoms with Crippen LogP contribution in [0.3, 0.4) is 0 Å². The Hall–Kier alpha value is -1.48. The number of halogens is 1. The van der Waals surface area contributed by atoms with Crippen molar-refractivity contribution in [3.63, 3.8) is 0 Å². The van der Waals surface area contributed by atoms with Crippen LogP contribution in [0.5, 0.6) is 11.5 Å². The van der Waals surface area contributed by atoms with Gasteiger partial charge >= 0.3 is 0 Å². The van der Waals surface area contributed by atoms with Gasteiger partial charge in [0.1, 0.15) is 0 Å². The van der Waals surface area contributed by atoms with E-state index in [1.807, 2.05) is 25.1 Å². The van der Waals surface area contributed by atoms with E-state index < -0.39 is 0 Å². The molecule has 2 N–H and O–H groups in total. The summed E-state index contributed by atoms with van der Waals surface area (Å²) in [5.41, 5.74) is 1.15. The average Bonchev–Trinajstić information content (AvgIpc) is 3.18. The quantitative estimate of drug-likeness (QED) is 0.318. The maximum atomic E-state index is 5.56. The Bertz CT molecular complexity index is 718. The Morgan fingerprint density at radius 3 is 2.56 bits per heavy atom. The third-order valence-electron chi connectivity index (χ3n) is 4.10. The number of hydrogen-bond acceptors (Lipinski definition) is 4. The molecule has 0 atom stereocenters. The molecule has 0 bridgehead atoms. The van der Waals surface area contributed by atoms with Crippen LogP contribution < -0.4 is 20.1 Å². The molecule has 150 valence electrons. The molecule has 0 radical (unpaired) electrons. The van der Waals surface area contributed by atoms with E-state index in [-0.39, 0.29) is 29.4 Å². The molecular weight excluding hydrogens is 473 g/mol. The molecule has 0 amide bonds. The van der Waals surface area contributed by atoms with Gasteiger partial charge in [0, 0.05) is 30.4 Å². The van der Waals surface area contributed by atoms with Gasteiger partial charge in [0.15, 0.2) is 17.5 Å². The van der Waals surface area contributed by atoms with Crippen LogP contribution in [0.25, 0.3) is 0 Å². The van der Waals surface area contributed by atoms with E-state index in [9.17, 15) is 0 Å². The van der Waals surface area contributed by atoms with E-state index in [4.69, 9.17) is 9.47 Å². The molecular formula is C20H30IN3O2S. The van der Waals surface area contributed by atoms with Crippen molar-refractivity contribution in [2.45, 2.75) is 32.7 Å². The first-order chi connectivity index (χ1) is 12.5. The van der Waals surface area contributed by atoms with Crippen LogP contribution in [-0.2, 0) is 12.0 Å². The number of rotatable bonds is 8. The van der Waals surface area contributed by atoms with Crippen LogP contribution in [0.1, 0.15) is 31.2 Å². The topological polar surface area (TPSA) is 54.9 Å². The largest absolute Gasteiger partial charge is 0.493 e. The Kier molecular flexibility index (Phi) is 9.93. The molecule has 27 heavy (non-hydrogen) atoms. The van der Waals surface area contributed by atoms with Gasteiger partial charge in [-0.05, 0) is 36.1 Å². The van der Waals surface area contributed by atoms with Crippen LogP contribution >= 0.6 is 35.3 Å². The zero-order chi connectivity index (χ0) is 19.0. The summed E-state index contributed by atoms with van der Waals surface area (Å²) in [6, 6.07) is 10.2. The number of guanidine groups is 1. The Labute approximate surface area is 183 Å². The number of benzene rings is 1. The van der Waals surface area contributed by atoms with Gasteiger partial charge in [-0.25, -0.2) is 0 Å². The highest BCUT2D eigenvalue weighted by Crippen LogP contribution is 2.28. The summed E-state index contributed by atoms with van der Waals surface area (Å²) in [7, 11) is 3.44. The van der Waals surface area contributed by atoms with Crippen LogP contribution in [-0.4, -0.2) is 33.3 Å². The van der Waals surface area contributed by atoms with E-state index in [2.05, 4.69) is 47.0 Å². The fourth-order valence-corrected chi connectivity index (χ4v) is 3.41. The Morgan fingerprint density at radius 1 is 1.19 bits per heavy atom. The molecule has 0 saturated carbocycles. The Balaban J connectivity index is 0.00000364. The molecule has 7 heteroatoms. The van der Waals surface area contributed by atoms with Gasteiger partial charge in [0.2, 0.25) is 0 Å². The average molecular weight is 503 g/mol. The molecule has 0 aliphatic heterocycles. The van der Waals surface area contributed by atoms with Gasteiger partial charge in [0.25, 0.3) is 0 Å². The highest BCUT2D eigenvalue weighted by Gasteiger charge is 2.21. The van der Waals surface area contributed by atoms with E-state index in [0.717, 1.165) is 29.6 Å². The van der Waals surface area contributed by atoms with Crippen LogP contribution in [0, 0.1) is 0 Å². The summed E-state index contributed by atoms with van der Waals surface area (Å²) >= 11 is 1.78. The van der Waals surface area contributed by atoms with Crippen molar-refractivity contribution >= 4 is 41.3 Å². The normalized spacial score (nSPS) is 11.5. The molecule has 0 saturated heterocycles. The lowest BCUT2D eigenvalue weighted by Gasteiger charge is -2.25. The second-order valence-electron chi connectivity index (χ2n) is 6.56. The lowest BCUT2D eigenvalue weighted by molar-refractivity contribution is 0.310. The second kappa shape index (κ2) is 11.4. The number of thiophene rings is 1. The molecule has 0 aliphatic rings. The highest BCUT2D eigenvalue weighted by atomic mass is 127. The smallest absolute Gasteiger partial charge is 0.191 e. The van der Waals surface area contributed by atoms with E-state index in [1.165, 1.54) is 4.88 Å². The van der Waals surface area contributed by atoms with E-state index in [0.29, 0.717) is 13.2 Å². The van der Waals surface area contributed by atoms with Crippen molar-refractivity contribution in [3.8, 4) is 11.5 Å². The number of hydrogen-bond donors (Lipinski definition) is 2. The number of nitrogens with zero attached hydrogens (tertiary/aromatic N) is 1. The van der Waals surface area contributed by atoms with Crippen LogP contribution in [0.2, 0.25) is 0 Å². The SMILES string of the molecule is CCOc1ccc(CNC(=NC)NCC(C)(C)c2cccs2)cc1OC.I. The van der Waals surface area contributed by atoms with Gasteiger partial charge in [-0.1, -0.05) is 26.0 Å². The van der Waals surface area contributed by atoms with Crippen LogP contribution in [0.15, 0.2) is 40.7 Å². The summed E-state index contributed by atoms with van der Waals surface area (Å²) in [5.74, 6) is 2.29. The standard InChI is InChI=1S/C20H29N3O2S.HI/c1-6-25-16-10-9-15(12-17(16)24-5)13-22-19(21-4)23-14-20(2,3)18-8-7-11-26-18;/h7-12H,6,13-14H2,1-5H3,(H2,21,22,23);1H. The van der Waals surface area contributed by atoms with E-state index >= 15 is 0 Å². The maximum Gasteiger partial charge on any atom is 0.191 e. The van der Waals surface area contributed by atoms with Gasteiger partial charge < -0.3 is 20.1 Å². The van der Waals surface area contributed by atoms with Crippen molar-refractivity contribution < 1.29 is 9.47 Å². The molecule has 0 unspecified atom stereocenters. The summed E-state index contributed by atoms with van der Waals surface area (Å²) in [5, 5.41) is 8.88. The van der Waals surface area contributed by atoms with Crippen molar-refractivity contribution in [3.05, 3.63) is 46.2 Å². The highest BCUT2D eigenvalue weighted by molar-refractivity contribution is 14.0. The lowest BCUT2D eigenvalue weighted by atomic mass is 9.91. The number of aliphatic imine (C=N–C) groups is 1. The van der Waals surface area contributed by atoms with Gasteiger partial charge in [0.05, 0.1) is 13.7 Å². The first kappa shape index (κ1) is 23.6. The fraction of sp³-hybridized carbons (Fsp3) is 0.450. The molecule has 0 spiro atoms. The van der Waals surface area contributed by atoms with E-state index in [1.54, 1.807) is 25.5 Å². The minimum absolute atomic E-state index is 0. The molecule has 1 aromatic carbocycles.